The van der Waals surface area contributed by atoms with Crippen LogP contribution in [0.5, 0.6) is 0 Å². The van der Waals surface area contributed by atoms with Gasteiger partial charge >= 0.3 is 0 Å². The van der Waals surface area contributed by atoms with Gasteiger partial charge in [0, 0.05) is 23.4 Å². The summed E-state index contributed by atoms with van der Waals surface area (Å²) in [4.78, 5) is 14.5. The standard InChI is InChI=1S/C14H10N4O3/c15-12-7-6-10(18(19)20)8-11(12)14-16-13(17-21-14)9-4-2-1-3-5-9/h1-8H,15H2. The first-order chi connectivity index (χ1) is 10.1. The molecule has 7 heteroatoms. The molecule has 0 fully saturated rings. The van der Waals surface area contributed by atoms with Crippen LogP contribution in [0.3, 0.4) is 0 Å². The van der Waals surface area contributed by atoms with Crippen molar-refractivity contribution in [1.82, 2.24) is 10.1 Å². The normalized spacial score (nSPS) is 10.5. The number of anilines is 1. The lowest BCUT2D eigenvalue weighted by molar-refractivity contribution is -0.384. The molecule has 2 aromatic carbocycles. The Morgan fingerprint density at radius 1 is 1.14 bits per heavy atom. The molecule has 1 heterocycles. The molecule has 0 radical (unpaired) electrons. The van der Waals surface area contributed by atoms with Gasteiger partial charge in [-0.05, 0) is 6.07 Å². The minimum Gasteiger partial charge on any atom is -0.398 e. The zero-order valence-corrected chi connectivity index (χ0v) is 10.8. The summed E-state index contributed by atoms with van der Waals surface area (Å²) in [5.41, 5.74) is 7.21. The van der Waals surface area contributed by atoms with E-state index in [4.69, 9.17) is 10.3 Å². The highest BCUT2D eigenvalue weighted by molar-refractivity contribution is 5.74. The van der Waals surface area contributed by atoms with Crippen LogP contribution in [0.1, 0.15) is 0 Å². The molecule has 21 heavy (non-hydrogen) atoms. The van der Waals surface area contributed by atoms with Crippen LogP contribution in [0, 0.1) is 10.1 Å². The van der Waals surface area contributed by atoms with Crippen molar-refractivity contribution >= 4 is 11.4 Å². The molecular formula is C14H10N4O3. The third-order valence-corrected chi connectivity index (χ3v) is 2.94. The van der Waals surface area contributed by atoms with Crippen LogP contribution in [-0.2, 0) is 0 Å². The lowest BCUT2D eigenvalue weighted by atomic mass is 10.1. The SMILES string of the molecule is Nc1ccc([N+](=O)[O-])cc1-c1nc(-c2ccccc2)no1. The minimum absolute atomic E-state index is 0.0846. The van der Waals surface area contributed by atoms with Crippen LogP contribution < -0.4 is 5.73 Å². The van der Waals surface area contributed by atoms with Crippen molar-refractivity contribution in [2.24, 2.45) is 0 Å². The Morgan fingerprint density at radius 3 is 2.62 bits per heavy atom. The minimum atomic E-state index is -0.503. The number of nitrogens with two attached hydrogens (primary N) is 1. The summed E-state index contributed by atoms with van der Waals surface area (Å²) >= 11 is 0. The summed E-state index contributed by atoms with van der Waals surface area (Å²) in [6.45, 7) is 0. The van der Waals surface area contributed by atoms with Crippen molar-refractivity contribution in [2.75, 3.05) is 5.73 Å². The van der Waals surface area contributed by atoms with Gasteiger partial charge in [0.1, 0.15) is 0 Å². The predicted octanol–water partition coefficient (Wildman–Crippen LogP) is 2.89. The smallest absolute Gasteiger partial charge is 0.270 e. The Balaban J connectivity index is 2.04. The van der Waals surface area contributed by atoms with Gasteiger partial charge < -0.3 is 10.3 Å². The molecule has 0 saturated heterocycles. The van der Waals surface area contributed by atoms with Crippen molar-refractivity contribution in [2.45, 2.75) is 0 Å². The number of nitrogens with zero attached hydrogens (tertiary/aromatic N) is 3. The second-order valence-electron chi connectivity index (χ2n) is 4.32. The van der Waals surface area contributed by atoms with E-state index < -0.39 is 4.92 Å². The largest absolute Gasteiger partial charge is 0.398 e. The quantitative estimate of drug-likeness (QED) is 0.449. The van der Waals surface area contributed by atoms with E-state index in [9.17, 15) is 10.1 Å². The van der Waals surface area contributed by atoms with E-state index in [2.05, 4.69) is 10.1 Å². The first-order valence-corrected chi connectivity index (χ1v) is 6.08. The Bertz CT molecular complexity index is 799. The van der Waals surface area contributed by atoms with Gasteiger partial charge in [-0.1, -0.05) is 35.5 Å². The maximum atomic E-state index is 10.8. The van der Waals surface area contributed by atoms with Crippen LogP contribution in [0.25, 0.3) is 22.8 Å². The molecular weight excluding hydrogens is 272 g/mol. The van der Waals surface area contributed by atoms with Crippen molar-refractivity contribution in [3.63, 3.8) is 0 Å². The number of rotatable bonds is 3. The number of non-ortho nitro benzene ring substituents is 1. The van der Waals surface area contributed by atoms with E-state index >= 15 is 0 Å². The topological polar surface area (TPSA) is 108 Å². The van der Waals surface area contributed by atoms with Gasteiger partial charge in [-0.15, -0.1) is 0 Å². The fourth-order valence-corrected chi connectivity index (χ4v) is 1.88. The second-order valence-corrected chi connectivity index (χ2v) is 4.32. The number of hydrogen-bond donors (Lipinski definition) is 1. The average Bonchev–Trinajstić information content (AvgIpc) is 2.98. The van der Waals surface area contributed by atoms with Gasteiger partial charge in [-0.2, -0.15) is 4.98 Å². The van der Waals surface area contributed by atoms with E-state index in [1.807, 2.05) is 30.3 Å². The molecule has 1 aromatic heterocycles. The molecule has 2 N–H and O–H groups in total. The highest BCUT2D eigenvalue weighted by Gasteiger charge is 2.16. The van der Waals surface area contributed by atoms with Gasteiger partial charge in [-0.3, -0.25) is 10.1 Å². The summed E-state index contributed by atoms with van der Waals surface area (Å²) in [6, 6.07) is 13.4. The maximum absolute atomic E-state index is 10.8. The number of nitro benzene ring substituents is 1. The van der Waals surface area contributed by atoms with E-state index in [-0.39, 0.29) is 11.6 Å². The first-order valence-electron chi connectivity index (χ1n) is 6.08. The molecule has 3 rings (SSSR count). The summed E-state index contributed by atoms with van der Waals surface area (Å²) in [6.07, 6.45) is 0. The van der Waals surface area contributed by atoms with Crippen molar-refractivity contribution in [3.8, 4) is 22.8 Å². The summed E-state index contributed by atoms with van der Waals surface area (Å²) in [7, 11) is 0. The number of hydrogen-bond acceptors (Lipinski definition) is 6. The Labute approximate surface area is 119 Å². The Kier molecular flexibility index (Phi) is 3.07. The van der Waals surface area contributed by atoms with Crippen LogP contribution in [0.4, 0.5) is 11.4 Å². The molecule has 7 nitrogen and oxygen atoms in total. The lowest BCUT2D eigenvalue weighted by Crippen LogP contribution is -1.94. The highest BCUT2D eigenvalue weighted by atomic mass is 16.6. The average molecular weight is 282 g/mol. The second kappa shape index (κ2) is 5.04. The molecule has 0 atom stereocenters. The van der Waals surface area contributed by atoms with E-state index in [0.29, 0.717) is 17.1 Å². The summed E-state index contributed by atoms with van der Waals surface area (Å²) < 4.78 is 5.16. The lowest BCUT2D eigenvalue weighted by Gasteiger charge is -1.99. The Hall–Kier alpha value is -3.22. The Morgan fingerprint density at radius 2 is 1.90 bits per heavy atom. The first kappa shape index (κ1) is 12.8. The molecule has 0 unspecified atom stereocenters. The van der Waals surface area contributed by atoms with Crippen LogP contribution in [0.2, 0.25) is 0 Å². The van der Waals surface area contributed by atoms with E-state index in [0.717, 1.165) is 5.56 Å². The maximum Gasteiger partial charge on any atom is 0.270 e. The fourth-order valence-electron chi connectivity index (χ4n) is 1.88. The van der Waals surface area contributed by atoms with E-state index in [1.165, 1.54) is 18.2 Å². The van der Waals surface area contributed by atoms with Gasteiger partial charge in [0.25, 0.3) is 11.6 Å². The van der Waals surface area contributed by atoms with Crippen molar-refractivity contribution in [1.29, 1.82) is 0 Å². The van der Waals surface area contributed by atoms with Crippen LogP contribution >= 0.6 is 0 Å². The molecule has 0 aliphatic rings. The monoisotopic (exact) mass is 282 g/mol. The molecule has 0 aliphatic carbocycles. The molecule has 0 bridgehead atoms. The molecule has 0 spiro atoms. The third-order valence-electron chi connectivity index (χ3n) is 2.94. The summed E-state index contributed by atoms with van der Waals surface area (Å²) in [5, 5.41) is 14.7. The summed E-state index contributed by atoms with van der Waals surface area (Å²) in [5.74, 6) is 0.548. The number of aromatic nitrogens is 2. The molecule has 104 valence electrons. The molecule has 0 aliphatic heterocycles. The zero-order valence-electron chi connectivity index (χ0n) is 10.8. The van der Waals surface area contributed by atoms with Gasteiger partial charge in [-0.25, -0.2) is 0 Å². The van der Waals surface area contributed by atoms with Crippen molar-refractivity contribution < 1.29 is 9.45 Å². The molecule has 0 saturated carbocycles. The number of nitro groups is 1. The van der Waals surface area contributed by atoms with Crippen LogP contribution in [-0.4, -0.2) is 15.1 Å². The fraction of sp³-hybridized carbons (Fsp3) is 0. The number of nitrogen functional groups attached to an aromatic ring is 1. The highest BCUT2D eigenvalue weighted by Crippen LogP contribution is 2.30. The van der Waals surface area contributed by atoms with Crippen LogP contribution in [0.15, 0.2) is 53.1 Å². The zero-order chi connectivity index (χ0) is 14.8. The van der Waals surface area contributed by atoms with E-state index in [1.54, 1.807) is 0 Å². The van der Waals surface area contributed by atoms with Gasteiger partial charge in [0.2, 0.25) is 5.82 Å². The predicted molar refractivity (Wildman–Crippen MR) is 76.2 cm³/mol. The third kappa shape index (κ3) is 2.44. The number of benzene rings is 2. The van der Waals surface area contributed by atoms with Gasteiger partial charge in [0.05, 0.1) is 10.5 Å². The molecule has 0 amide bonds. The van der Waals surface area contributed by atoms with Gasteiger partial charge in [0.15, 0.2) is 0 Å². The van der Waals surface area contributed by atoms with Crippen molar-refractivity contribution in [3.05, 3.63) is 58.6 Å². The molecule has 3 aromatic rings.